The summed E-state index contributed by atoms with van der Waals surface area (Å²) >= 11 is 6.15. The highest BCUT2D eigenvalue weighted by Gasteiger charge is 2.31. The van der Waals surface area contributed by atoms with Crippen LogP contribution in [0.4, 0.5) is 0 Å². The zero-order valence-electron chi connectivity index (χ0n) is 15.1. The third kappa shape index (κ3) is 4.58. The van der Waals surface area contributed by atoms with Crippen molar-refractivity contribution in [2.24, 2.45) is 0 Å². The molecule has 2 aromatic rings. The highest BCUT2D eigenvalue weighted by atomic mass is 35.5. The van der Waals surface area contributed by atoms with Crippen molar-refractivity contribution in [3.05, 3.63) is 59.7 Å². The summed E-state index contributed by atoms with van der Waals surface area (Å²) in [5.74, 6) is 0.690. The number of unbranched alkanes of at least 4 members (excludes halogenated alkanes) is 4. The molecule has 1 aliphatic carbocycles. The van der Waals surface area contributed by atoms with Crippen molar-refractivity contribution in [1.82, 2.24) is 4.90 Å². The molecule has 0 unspecified atom stereocenters. The Morgan fingerprint density at radius 1 is 0.800 bits per heavy atom. The maximum atomic E-state index is 6.15. The number of nitrogens with zero attached hydrogens (tertiary/aromatic N) is 1. The van der Waals surface area contributed by atoms with Crippen molar-refractivity contribution >= 4 is 24.0 Å². The molecule has 0 saturated carbocycles. The third-order valence-corrected chi connectivity index (χ3v) is 5.26. The van der Waals surface area contributed by atoms with Crippen LogP contribution in [-0.2, 0) is 0 Å². The Morgan fingerprint density at radius 2 is 1.36 bits per heavy atom. The summed E-state index contributed by atoms with van der Waals surface area (Å²) < 4.78 is 0. The molecule has 136 valence electrons. The summed E-state index contributed by atoms with van der Waals surface area (Å²) in [5.41, 5.74) is 5.67. The predicted octanol–water partition coefficient (Wildman–Crippen LogP) is 6.69. The monoisotopic (exact) mass is 377 g/mol. The Hall–Kier alpha value is -1.02. The van der Waals surface area contributed by atoms with Crippen LogP contribution >= 0.6 is 24.0 Å². The fraction of sp³-hybridized carbons (Fsp3) is 0.455. The maximum Gasteiger partial charge on any atom is 0.0614 e. The largest absolute Gasteiger partial charge is 0.291 e. The first-order chi connectivity index (χ1) is 11.9. The molecule has 0 fully saturated rings. The van der Waals surface area contributed by atoms with Crippen LogP contribution < -0.4 is 0 Å². The van der Waals surface area contributed by atoms with E-state index in [0.717, 1.165) is 13.1 Å². The second-order valence-electron chi connectivity index (χ2n) is 6.72. The molecule has 1 aliphatic rings. The molecule has 3 heteroatoms. The van der Waals surface area contributed by atoms with Gasteiger partial charge in [0, 0.05) is 12.4 Å². The number of halogens is 2. The van der Waals surface area contributed by atoms with E-state index in [1.807, 2.05) is 0 Å². The molecule has 0 radical (unpaired) electrons. The van der Waals surface area contributed by atoms with Crippen molar-refractivity contribution in [1.29, 1.82) is 0 Å². The van der Waals surface area contributed by atoms with Crippen molar-refractivity contribution in [3.63, 3.8) is 0 Å². The van der Waals surface area contributed by atoms with Crippen molar-refractivity contribution in [3.8, 4) is 11.1 Å². The van der Waals surface area contributed by atoms with Crippen LogP contribution in [0.3, 0.4) is 0 Å². The van der Waals surface area contributed by atoms with Gasteiger partial charge >= 0.3 is 0 Å². The molecule has 2 aromatic carbocycles. The third-order valence-electron chi connectivity index (χ3n) is 5.09. The molecule has 0 aliphatic heterocycles. The van der Waals surface area contributed by atoms with Gasteiger partial charge < -0.3 is 0 Å². The molecule has 0 saturated heterocycles. The Kier molecular flexibility index (Phi) is 8.29. The zero-order valence-corrected chi connectivity index (χ0v) is 16.7. The van der Waals surface area contributed by atoms with Gasteiger partial charge in [0.15, 0.2) is 0 Å². The number of alkyl halides is 1. The summed E-state index contributed by atoms with van der Waals surface area (Å²) in [6, 6.07) is 18.1. The molecule has 0 amide bonds. The number of hydrogen-bond donors (Lipinski definition) is 0. The SMILES string of the molecule is CCCCCCCN(CCCl)C1c2ccccc2-c2ccccc21.Cl. The Balaban J connectivity index is 0.00000225. The molecule has 25 heavy (non-hydrogen) atoms. The second-order valence-corrected chi connectivity index (χ2v) is 7.09. The summed E-state index contributed by atoms with van der Waals surface area (Å²) in [4.78, 5) is 2.59. The normalized spacial score (nSPS) is 12.8. The minimum absolute atomic E-state index is 0. The zero-order chi connectivity index (χ0) is 16.8. The maximum absolute atomic E-state index is 6.15. The lowest BCUT2D eigenvalue weighted by atomic mass is 10.0. The van der Waals surface area contributed by atoms with Gasteiger partial charge in [-0.2, -0.15) is 0 Å². The number of benzene rings is 2. The molecule has 0 aromatic heterocycles. The predicted molar refractivity (Wildman–Crippen MR) is 112 cm³/mol. The van der Waals surface area contributed by atoms with Gasteiger partial charge in [-0.3, -0.25) is 4.90 Å². The fourth-order valence-corrected chi connectivity index (χ4v) is 4.14. The quantitative estimate of drug-likeness (QED) is 0.347. The first-order valence-electron chi connectivity index (χ1n) is 9.35. The van der Waals surface area contributed by atoms with Crippen LogP contribution in [0.5, 0.6) is 0 Å². The first kappa shape index (κ1) is 20.3. The molecular formula is C22H29Cl2N. The van der Waals surface area contributed by atoms with E-state index in [4.69, 9.17) is 11.6 Å². The van der Waals surface area contributed by atoms with E-state index in [9.17, 15) is 0 Å². The van der Waals surface area contributed by atoms with Gasteiger partial charge in [-0.1, -0.05) is 81.1 Å². The van der Waals surface area contributed by atoms with Crippen molar-refractivity contribution in [2.75, 3.05) is 19.0 Å². The molecule has 3 rings (SSSR count). The number of rotatable bonds is 9. The van der Waals surface area contributed by atoms with E-state index in [2.05, 4.69) is 60.4 Å². The van der Waals surface area contributed by atoms with E-state index in [1.54, 1.807) is 0 Å². The van der Waals surface area contributed by atoms with Gasteiger partial charge in [-0.05, 0) is 35.2 Å². The van der Waals surface area contributed by atoms with Crippen LogP contribution in [0.25, 0.3) is 11.1 Å². The fourth-order valence-electron chi connectivity index (χ4n) is 3.92. The van der Waals surface area contributed by atoms with Gasteiger partial charge in [-0.25, -0.2) is 0 Å². The Labute approximate surface area is 163 Å². The van der Waals surface area contributed by atoms with E-state index >= 15 is 0 Å². The lowest BCUT2D eigenvalue weighted by molar-refractivity contribution is 0.236. The molecular weight excluding hydrogens is 349 g/mol. The summed E-state index contributed by atoms with van der Waals surface area (Å²) in [6.45, 7) is 4.35. The molecule has 0 N–H and O–H groups in total. The average Bonchev–Trinajstić information content (AvgIpc) is 2.95. The lowest BCUT2D eigenvalue weighted by Crippen LogP contribution is -2.31. The molecule has 0 heterocycles. The smallest absolute Gasteiger partial charge is 0.0614 e. The minimum atomic E-state index is 0. The van der Waals surface area contributed by atoms with Crippen LogP contribution in [0.15, 0.2) is 48.5 Å². The highest BCUT2D eigenvalue weighted by molar-refractivity contribution is 6.18. The van der Waals surface area contributed by atoms with E-state index in [-0.39, 0.29) is 12.4 Å². The van der Waals surface area contributed by atoms with Gasteiger partial charge in [-0.15, -0.1) is 24.0 Å². The van der Waals surface area contributed by atoms with Crippen molar-refractivity contribution < 1.29 is 0 Å². The number of hydrogen-bond acceptors (Lipinski definition) is 1. The highest BCUT2D eigenvalue weighted by Crippen LogP contribution is 2.46. The van der Waals surface area contributed by atoms with Crippen molar-refractivity contribution in [2.45, 2.75) is 45.1 Å². The number of fused-ring (bicyclic) bond motifs is 3. The minimum Gasteiger partial charge on any atom is -0.291 e. The topological polar surface area (TPSA) is 3.24 Å². The van der Waals surface area contributed by atoms with Gasteiger partial charge in [0.2, 0.25) is 0 Å². The van der Waals surface area contributed by atoms with Crippen LogP contribution in [0.1, 0.15) is 56.2 Å². The average molecular weight is 378 g/mol. The van der Waals surface area contributed by atoms with E-state index in [0.29, 0.717) is 11.9 Å². The molecule has 0 spiro atoms. The summed E-state index contributed by atoms with van der Waals surface area (Å²) in [7, 11) is 0. The standard InChI is InChI=1S/C22H28ClN.ClH/c1-2-3-4-5-10-16-24(17-15-23)22-20-13-8-6-11-18(20)19-12-7-9-14-21(19)22;/h6-9,11-14,22H,2-5,10,15-17H2,1H3;1H. The Morgan fingerprint density at radius 3 is 1.92 bits per heavy atom. The first-order valence-corrected chi connectivity index (χ1v) is 9.88. The van der Waals surface area contributed by atoms with Crippen LogP contribution in [0.2, 0.25) is 0 Å². The van der Waals surface area contributed by atoms with Gasteiger partial charge in [0.25, 0.3) is 0 Å². The summed E-state index contributed by atoms with van der Waals surface area (Å²) in [6.07, 6.45) is 6.59. The van der Waals surface area contributed by atoms with Gasteiger partial charge in [0.05, 0.1) is 6.04 Å². The van der Waals surface area contributed by atoms with Crippen LogP contribution in [-0.4, -0.2) is 23.9 Å². The second kappa shape index (κ2) is 10.2. The van der Waals surface area contributed by atoms with Crippen LogP contribution in [0, 0.1) is 0 Å². The molecule has 0 bridgehead atoms. The van der Waals surface area contributed by atoms with E-state index in [1.165, 1.54) is 54.4 Å². The molecule has 0 atom stereocenters. The lowest BCUT2D eigenvalue weighted by Gasteiger charge is -2.30. The summed E-state index contributed by atoms with van der Waals surface area (Å²) in [5, 5.41) is 0. The molecule has 1 nitrogen and oxygen atoms in total. The Bertz CT molecular complexity index is 610. The van der Waals surface area contributed by atoms with E-state index < -0.39 is 0 Å². The van der Waals surface area contributed by atoms with Gasteiger partial charge in [0.1, 0.15) is 0 Å².